The van der Waals surface area contributed by atoms with Crippen LogP contribution in [0.5, 0.6) is 17.2 Å². The Balaban J connectivity index is 2.52. The van der Waals surface area contributed by atoms with Crippen LogP contribution < -0.4 is 14.2 Å². The highest BCUT2D eigenvalue weighted by atomic mass is 79.9. The van der Waals surface area contributed by atoms with Crippen molar-refractivity contribution < 1.29 is 28.5 Å². The van der Waals surface area contributed by atoms with Crippen molar-refractivity contribution in [1.82, 2.24) is 0 Å². The number of benzene rings is 1. The van der Waals surface area contributed by atoms with Crippen molar-refractivity contribution in [3.8, 4) is 17.2 Å². The number of halogens is 2. The van der Waals surface area contributed by atoms with Crippen molar-refractivity contribution in [2.45, 2.75) is 49.2 Å². The van der Waals surface area contributed by atoms with Crippen molar-refractivity contribution in [2.24, 2.45) is 0 Å². The summed E-state index contributed by atoms with van der Waals surface area (Å²) in [4.78, 5) is 23.6. The molecule has 1 rings (SSSR count). The van der Waals surface area contributed by atoms with E-state index < -0.39 is 8.65 Å². The molecule has 0 bridgehead atoms. The first-order valence-electron chi connectivity index (χ1n) is 8.96. The number of ketones is 1. The molecule has 0 radical (unpaired) electrons. The minimum absolute atomic E-state index is 0.131. The lowest BCUT2D eigenvalue weighted by molar-refractivity contribution is -0.146. The fourth-order valence-electron chi connectivity index (χ4n) is 2.02. The average molecular weight is 524 g/mol. The Labute approximate surface area is 183 Å². The molecule has 0 aliphatic carbocycles. The second kappa shape index (κ2) is 11.0. The van der Waals surface area contributed by atoms with E-state index in [1.165, 1.54) is 0 Å². The lowest BCUT2D eigenvalue weighted by atomic mass is 10.0. The lowest BCUT2D eigenvalue weighted by Crippen LogP contribution is -2.28. The number of hydrogen-bond acceptors (Lipinski definition) is 6. The van der Waals surface area contributed by atoms with Crippen molar-refractivity contribution in [3.05, 3.63) is 18.2 Å². The summed E-state index contributed by atoms with van der Waals surface area (Å²) in [5, 5.41) is 0. The number of carbonyl (C=O) groups excluding carboxylic acids is 2. The zero-order valence-electron chi connectivity index (χ0n) is 17.0. The second-order valence-electron chi connectivity index (χ2n) is 7.15. The molecule has 0 unspecified atom stereocenters. The van der Waals surface area contributed by atoms with E-state index in [0.29, 0.717) is 36.7 Å². The van der Waals surface area contributed by atoms with Gasteiger partial charge in [-0.25, -0.2) is 0 Å². The van der Waals surface area contributed by atoms with Crippen molar-refractivity contribution >= 4 is 43.6 Å². The molecule has 158 valence electrons. The van der Waals surface area contributed by atoms with E-state index in [1.54, 1.807) is 39.2 Å². The maximum Gasteiger partial charge on any atom is 0.322 e. The van der Waals surface area contributed by atoms with Gasteiger partial charge in [0.1, 0.15) is 40.6 Å². The van der Waals surface area contributed by atoms with Gasteiger partial charge in [-0.15, -0.1) is 0 Å². The van der Waals surface area contributed by atoms with Crippen molar-refractivity contribution in [3.63, 3.8) is 0 Å². The fourth-order valence-corrected chi connectivity index (χ4v) is 2.33. The molecule has 8 heteroatoms. The third-order valence-electron chi connectivity index (χ3n) is 3.64. The standard InChI is InChI=1S/C20H28Br2O6/c1-19(2,21)17(23)7-6-8-26-15-11-14(25-5)12-16(13-15)27-9-10-28-18(24)20(3,4)22/h11-13H,6-10H2,1-5H3. The van der Waals surface area contributed by atoms with E-state index in [2.05, 4.69) is 31.9 Å². The van der Waals surface area contributed by atoms with Gasteiger partial charge in [0.15, 0.2) is 0 Å². The van der Waals surface area contributed by atoms with Crippen LogP contribution in [0.1, 0.15) is 40.5 Å². The van der Waals surface area contributed by atoms with Crippen LogP contribution in [-0.2, 0) is 14.3 Å². The van der Waals surface area contributed by atoms with Crippen LogP contribution in [-0.4, -0.2) is 47.3 Å². The van der Waals surface area contributed by atoms with Gasteiger partial charge in [0, 0.05) is 24.6 Å². The number of methoxy groups -OCH3 is 1. The number of alkyl halides is 2. The zero-order valence-corrected chi connectivity index (χ0v) is 20.1. The van der Waals surface area contributed by atoms with E-state index in [-0.39, 0.29) is 25.0 Å². The highest BCUT2D eigenvalue weighted by Crippen LogP contribution is 2.28. The molecule has 0 aliphatic rings. The van der Waals surface area contributed by atoms with E-state index in [1.807, 2.05) is 13.8 Å². The van der Waals surface area contributed by atoms with Crippen LogP contribution in [0.4, 0.5) is 0 Å². The minimum Gasteiger partial charge on any atom is -0.496 e. The molecule has 0 aliphatic heterocycles. The van der Waals surface area contributed by atoms with Gasteiger partial charge in [-0.2, -0.15) is 0 Å². The summed E-state index contributed by atoms with van der Waals surface area (Å²) < 4.78 is 20.5. The summed E-state index contributed by atoms with van der Waals surface area (Å²) >= 11 is 6.61. The highest BCUT2D eigenvalue weighted by Gasteiger charge is 2.25. The molecular formula is C20H28Br2O6. The van der Waals surface area contributed by atoms with Crippen LogP contribution in [0.15, 0.2) is 18.2 Å². The maximum absolute atomic E-state index is 11.9. The Morgan fingerprint density at radius 1 is 0.857 bits per heavy atom. The van der Waals surface area contributed by atoms with E-state index in [0.717, 1.165) is 0 Å². The van der Waals surface area contributed by atoms with Gasteiger partial charge in [-0.1, -0.05) is 31.9 Å². The van der Waals surface area contributed by atoms with Gasteiger partial charge in [-0.3, -0.25) is 9.59 Å². The Morgan fingerprint density at radius 2 is 1.39 bits per heavy atom. The van der Waals surface area contributed by atoms with Crippen LogP contribution in [0.3, 0.4) is 0 Å². The SMILES string of the molecule is COc1cc(OCCCC(=O)C(C)(C)Br)cc(OCCOC(=O)C(C)(C)Br)c1. The average Bonchev–Trinajstić information content (AvgIpc) is 2.60. The lowest BCUT2D eigenvalue weighted by Gasteiger charge is -2.16. The molecule has 1 aromatic carbocycles. The van der Waals surface area contributed by atoms with Gasteiger partial charge < -0.3 is 18.9 Å². The summed E-state index contributed by atoms with van der Waals surface area (Å²) in [6.45, 7) is 7.83. The Bertz CT molecular complexity index is 609. The molecule has 0 saturated heterocycles. The molecule has 0 atom stereocenters. The van der Waals surface area contributed by atoms with Gasteiger partial charge in [0.25, 0.3) is 0 Å². The number of esters is 1. The highest BCUT2D eigenvalue weighted by molar-refractivity contribution is 9.10. The van der Waals surface area contributed by atoms with Gasteiger partial charge in [0.2, 0.25) is 0 Å². The molecule has 6 nitrogen and oxygen atoms in total. The van der Waals surface area contributed by atoms with Crippen LogP contribution in [0.25, 0.3) is 0 Å². The second-order valence-corrected chi connectivity index (χ2v) is 11.1. The van der Waals surface area contributed by atoms with Crippen LogP contribution >= 0.6 is 31.9 Å². The van der Waals surface area contributed by atoms with Gasteiger partial charge in [0.05, 0.1) is 18.0 Å². The molecule has 0 N–H and O–H groups in total. The monoisotopic (exact) mass is 522 g/mol. The van der Waals surface area contributed by atoms with Crippen molar-refractivity contribution in [2.75, 3.05) is 26.9 Å². The van der Waals surface area contributed by atoms with Crippen LogP contribution in [0.2, 0.25) is 0 Å². The summed E-state index contributed by atoms with van der Waals surface area (Å²) in [6, 6.07) is 5.20. The fraction of sp³-hybridized carbons (Fsp3) is 0.600. The molecule has 0 amide bonds. The summed E-state index contributed by atoms with van der Waals surface area (Å²) in [5.41, 5.74) is 0. The molecule has 1 aromatic rings. The quantitative estimate of drug-likeness (QED) is 0.225. The summed E-state index contributed by atoms with van der Waals surface area (Å²) in [5.74, 6) is 1.49. The first-order chi connectivity index (χ1) is 12.9. The molecule has 0 fully saturated rings. The third-order valence-corrected chi connectivity index (χ3v) is 4.41. The number of ether oxygens (including phenoxy) is 4. The van der Waals surface area contributed by atoms with Gasteiger partial charge >= 0.3 is 5.97 Å². The van der Waals surface area contributed by atoms with E-state index in [4.69, 9.17) is 18.9 Å². The Morgan fingerprint density at radius 3 is 1.89 bits per heavy atom. The van der Waals surface area contributed by atoms with Crippen LogP contribution in [0, 0.1) is 0 Å². The molecule has 0 saturated carbocycles. The number of carbonyl (C=O) groups is 2. The van der Waals surface area contributed by atoms with Gasteiger partial charge in [-0.05, 0) is 34.1 Å². The molecular weight excluding hydrogens is 496 g/mol. The first kappa shape index (κ1) is 24.8. The minimum atomic E-state index is -0.727. The largest absolute Gasteiger partial charge is 0.496 e. The maximum atomic E-state index is 11.9. The third kappa shape index (κ3) is 9.28. The zero-order chi connectivity index (χ0) is 21.4. The van der Waals surface area contributed by atoms with E-state index >= 15 is 0 Å². The number of Topliss-reactive ketones (excluding diaryl/α,β-unsaturated/α-hetero) is 1. The summed E-state index contributed by atoms with van der Waals surface area (Å²) in [7, 11) is 1.56. The first-order valence-corrected chi connectivity index (χ1v) is 10.5. The number of rotatable bonds is 12. The predicted molar refractivity (Wildman–Crippen MR) is 115 cm³/mol. The normalized spacial score (nSPS) is 11.7. The Kier molecular flexibility index (Phi) is 9.77. The smallest absolute Gasteiger partial charge is 0.322 e. The van der Waals surface area contributed by atoms with E-state index in [9.17, 15) is 9.59 Å². The topological polar surface area (TPSA) is 71.1 Å². The Hall–Kier alpha value is -1.28. The molecule has 0 spiro atoms. The molecule has 28 heavy (non-hydrogen) atoms. The van der Waals surface area contributed by atoms with Crippen molar-refractivity contribution in [1.29, 1.82) is 0 Å². The molecule has 0 heterocycles. The molecule has 0 aromatic heterocycles. The predicted octanol–water partition coefficient (Wildman–Crippen LogP) is 4.69. The summed E-state index contributed by atoms with van der Waals surface area (Å²) in [6.07, 6.45) is 1.04. The number of hydrogen-bond donors (Lipinski definition) is 0.